The largest absolute Gasteiger partial charge is 0.326 e. The third kappa shape index (κ3) is 5.15. The van der Waals surface area contributed by atoms with Crippen molar-refractivity contribution < 1.29 is 22.8 Å². The first-order valence-electron chi connectivity index (χ1n) is 11.0. The van der Waals surface area contributed by atoms with Crippen molar-refractivity contribution in [2.75, 3.05) is 16.8 Å². The van der Waals surface area contributed by atoms with Crippen LogP contribution in [0.25, 0.3) is 0 Å². The van der Waals surface area contributed by atoms with E-state index < -0.39 is 10.0 Å². The Bertz CT molecular complexity index is 1200. The molecule has 1 heterocycles. The molecule has 1 atom stereocenters. The molecule has 0 spiro atoms. The molecular formula is C24H27N3O5S. The predicted octanol–water partition coefficient (Wildman–Crippen LogP) is 2.88. The molecule has 1 unspecified atom stereocenters. The number of fused-ring (bicyclic) bond motifs is 1. The van der Waals surface area contributed by atoms with Gasteiger partial charge in [-0.3, -0.25) is 14.4 Å². The fourth-order valence-corrected chi connectivity index (χ4v) is 5.11. The summed E-state index contributed by atoms with van der Waals surface area (Å²) >= 11 is 0. The normalized spacial score (nSPS) is 17.5. The number of carbonyl (C=O) groups is 3. The summed E-state index contributed by atoms with van der Waals surface area (Å²) in [5, 5.41) is 2.68. The number of nitrogens with one attached hydrogen (secondary N) is 2. The van der Waals surface area contributed by atoms with Gasteiger partial charge in [0.1, 0.15) is 0 Å². The number of rotatable bonds is 8. The molecule has 174 valence electrons. The monoisotopic (exact) mass is 469 g/mol. The van der Waals surface area contributed by atoms with E-state index in [1.165, 1.54) is 13.0 Å². The van der Waals surface area contributed by atoms with Crippen LogP contribution in [0.3, 0.4) is 0 Å². The topological polar surface area (TPSA) is 113 Å². The molecule has 2 aliphatic rings. The van der Waals surface area contributed by atoms with Crippen LogP contribution in [0.1, 0.15) is 49.0 Å². The SMILES string of the molecule is CC(=O)c1ccc(NC(=O)CCNS(=O)(=O)c2ccc3c(c2)CC(C)N3C(=O)C2CC2)cc1. The fourth-order valence-electron chi connectivity index (χ4n) is 4.03. The molecule has 2 amide bonds. The summed E-state index contributed by atoms with van der Waals surface area (Å²) in [5.74, 6) is -0.186. The van der Waals surface area contributed by atoms with Gasteiger partial charge in [-0.2, -0.15) is 0 Å². The minimum Gasteiger partial charge on any atom is -0.326 e. The average molecular weight is 470 g/mol. The Morgan fingerprint density at radius 2 is 1.76 bits per heavy atom. The van der Waals surface area contributed by atoms with Crippen LogP contribution in [0.15, 0.2) is 47.4 Å². The van der Waals surface area contributed by atoms with Crippen LogP contribution in [-0.4, -0.2) is 38.6 Å². The first kappa shape index (κ1) is 23.1. The summed E-state index contributed by atoms with van der Waals surface area (Å²) in [4.78, 5) is 38.0. The molecule has 0 aromatic heterocycles. The first-order valence-corrected chi connectivity index (χ1v) is 12.5. The van der Waals surface area contributed by atoms with Crippen LogP contribution in [0, 0.1) is 5.92 Å². The van der Waals surface area contributed by atoms with E-state index >= 15 is 0 Å². The second-order valence-corrected chi connectivity index (χ2v) is 10.4. The number of Topliss-reactive ketones (excluding diaryl/α,β-unsaturated/α-hetero) is 1. The average Bonchev–Trinajstić information content (AvgIpc) is 3.55. The second-order valence-electron chi connectivity index (χ2n) is 8.66. The van der Waals surface area contributed by atoms with Gasteiger partial charge in [0, 0.05) is 41.9 Å². The smallest absolute Gasteiger partial charge is 0.240 e. The van der Waals surface area contributed by atoms with Crippen molar-refractivity contribution in [3.05, 3.63) is 53.6 Å². The van der Waals surface area contributed by atoms with Crippen molar-refractivity contribution >= 4 is 39.0 Å². The number of hydrogen-bond donors (Lipinski definition) is 2. The third-order valence-electron chi connectivity index (χ3n) is 5.96. The highest BCUT2D eigenvalue weighted by molar-refractivity contribution is 7.89. The highest BCUT2D eigenvalue weighted by Gasteiger charge is 2.39. The van der Waals surface area contributed by atoms with Gasteiger partial charge in [-0.25, -0.2) is 13.1 Å². The van der Waals surface area contributed by atoms with Crippen molar-refractivity contribution in [2.24, 2.45) is 5.92 Å². The standard InChI is InChI=1S/C24H27N3O5S/c1-15-13-19-14-21(9-10-22(19)27(15)24(30)18-3-4-18)33(31,32)25-12-11-23(29)26-20-7-5-17(6-8-20)16(2)28/h5-10,14-15,18,25H,3-4,11-13H2,1-2H3,(H,26,29). The molecular weight excluding hydrogens is 442 g/mol. The molecule has 0 saturated heterocycles. The summed E-state index contributed by atoms with van der Waals surface area (Å²) in [7, 11) is -3.80. The van der Waals surface area contributed by atoms with E-state index in [0.717, 1.165) is 24.1 Å². The van der Waals surface area contributed by atoms with E-state index in [-0.39, 0.29) is 47.4 Å². The van der Waals surface area contributed by atoms with Gasteiger partial charge in [0.25, 0.3) is 0 Å². The number of hydrogen-bond acceptors (Lipinski definition) is 5. The number of amides is 2. The summed E-state index contributed by atoms with van der Waals surface area (Å²) in [6, 6.07) is 11.3. The number of anilines is 2. The Morgan fingerprint density at radius 1 is 1.06 bits per heavy atom. The summed E-state index contributed by atoms with van der Waals surface area (Å²) < 4.78 is 27.9. The van der Waals surface area contributed by atoms with Crippen LogP contribution in [0.4, 0.5) is 11.4 Å². The van der Waals surface area contributed by atoms with Crippen LogP contribution in [0.2, 0.25) is 0 Å². The van der Waals surface area contributed by atoms with Crippen LogP contribution >= 0.6 is 0 Å². The molecule has 1 fully saturated rings. The molecule has 0 radical (unpaired) electrons. The van der Waals surface area contributed by atoms with E-state index in [1.807, 2.05) is 6.92 Å². The lowest BCUT2D eigenvalue weighted by Gasteiger charge is -2.22. The molecule has 1 aliphatic carbocycles. The molecule has 33 heavy (non-hydrogen) atoms. The predicted molar refractivity (Wildman–Crippen MR) is 125 cm³/mol. The van der Waals surface area contributed by atoms with Gasteiger partial charge in [0.05, 0.1) is 4.90 Å². The van der Waals surface area contributed by atoms with Crippen molar-refractivity contribution in [3.63, 3.8) is 0 Å². The quantitative estimate of drug-likeness (QED) is 0.578. The Labute approximate surface area is 193 Å². The number of nitrogens with zero attached hydrogens (tertiary/aromatic N) is 1. The Kier molecular flexibility index (Phi) is 6.36. The van der Waals surface area contributed by atoms with E-state index in [1.54, 1.807) is 41.3 Å². The Hall–Kier alpha value is -3.04. The minimum atomic E-state index is -3.80. The van der Waals surface area contributed by atoms with Crippen molar-refractivity contribution in [3.8, 4) is 0 Å². The number of carbonyl (C=O) groups excluding carboxylic acids is 3. The lowest BCUT2D eigenvalue weighted by Crippen LogP contribution is -2.36. The molecule has 9 heteroatoms. The fraction of sp³-hybridized carbons (Fsp3) is 0.375. The number of benzene rings is 2. The van der Waals surface area contributed by atoms with Gasteiger partial charge in [0.15, 0.2) is 5.78 Å². The minimum absolute atomic E-state index is 0.00669. The number of sulfonamides is 1. The van der Waals surface area contributed by atoms with E-state index in [9.17, 15) is 22.8 Å². The highest BCUT2D eigenvalue weighted by atomic mass is 32.2. The van der Waals surface area contributed by atoms with E-state index in [2.05, 4.69) is 10.0 Å². The third-order valence-corrected chi connectivity index (χ3v) is 7.42. The Balaban J connectivity index is 1.34. The molecule has 2 aromatic carbocycles. The molecule has 0 bridgehead atoms. The zero-order valence-corrected chi connectivity index (χ0v) is 19.4. The molecule has 2 N–H and O–H groups in total. The molecule has 1 aliphatic heterocycles. The van der Waals surface area contributed by atoms with Crippen LogP contribution in [0.5, 0.6) is 0 Å². The molecule has 4 rings (SSSR count). The van der Waals surface area contributed by atoms with Crippen molar-refractivity contribution in [2.45, 2.75) is 50.5 Å². The van der Waals surface area contributed by atoms with E-state index in [0.29, 0.717) is 17.7 Å². The lowest BCUT2D eigenvalue weighted by molar-refractivity contribution is -0.120. The molecule has 1 saturated carbocycles. The van der Waals surface area contributed by atoms with Crippen molar-refractivity contribution in [1.82, 2.24) is 4.72 Å². The maximum absolute atomic E-state index is 12.7. The zero-order valence-electron chi connectivity index (χ0n) is 18.6. The lowest BCUT2D eigenvalue weighted by atomic mass is 10.1. The number of ketones is 1. The second kappa shape index (κ2) is 9.07. The van der Waals surface area contributed by atoms with Gasteiger partial charge in [-0.15, -0.1) is 0 Å². The van der Waals surface area contributed by atoms with E-state index in [4.69, 9.17) is 0 Å². The van der Waals surface area contributed by atoms with Gasteiger partial charge >= 0.3 is 0 Å². The zero-order chi connectivity index (χ0) is 23.8. The summed E-state index contributed by atoms with van der Waals surface area (Å²) in [6.45, 7) is 3.38. The highest BCUT2D eigenvalue weighted by Crippen LogP contribution is 2.39. The maximum Gasteiger partial charge on any atom is 0.240 e. The summed E-state index contributed by atoms with van der Waals surface area (Å²) in [6.07, 6.45) is 2.41. The van der Waals surface area contributed by atoms with Gasteiger partial charge < -0.3 is 10.2 Å². The van der Waals surface area contributed by atoms with Crippen LogP contribution < -0.4 is 14.9 Å². The van der Waals surface area contributed by atoms with Gasteiger partial charge in [0.2, 0.25) is 21.8 Å². The molecule has 8 nitrogen and oxygen atoms in total. The van der Waals surface area contributed by atoms with Crippen LogP contribution in [-0.2, 0) is 26.0 Å². The Morgan fingerprint density at radius 3 is 2.39 bits per heavy atom. The summed E-state index contributed by atoms with van der Waals surface area (Å²) in [5.41, 5.74) is 2.70. The van der Waals surface area contributed by atoms with Gasteiger partial charge in [-0.1, -0.05) is 0 Å². The maximum atomic E-state index is 12.7. The van der Waals surface area contributed by atoms with Crippen molar-refractivity contribution in [1.29, 1.82) is 0 Å². The molecule has 2 aromatic rings. The first-order chi connectivity index (χ1) is 15.7. The van der Waals surface area contributed by atoms with Gasteiger partial charge in [-0.05, 0) is 81.1 Å².